The minimum absolute atomic E-state index is 0.234. The zero-order chi connectivity index (χ0) is 13.8. The van der Waals surface area contributed by atoms with Gasteiger partial charge in [0.1, 0.15) is 11.5 Å². The van der Waals surface area contributed by atoms with Crippen LogP contribution in [0.15, 0.2) is 30.5 Å². The van der Waals surface area contributed by atoms with Gasteiger partial charge in [0.2, 0.25) is 0 Å². The van der Waals surface area contributed by atoms with E-state index in [-0.39, 0.29) is 6.04 Å². The number of hydrogen-bond donors (Lipinski definition) is 2. The largest absolute Gasteiger partial charge is 0.497 e. The third-order valence-electron chi connectivity index (χ3n) is 2.95. The summed E-state index contributed by atoms with van der Waals surface area (Å²) in [6, 6.07) is 7.28. The molecule has 0 amide bonds. The molecule has 2 aromatic rings. The molecule has 6 nitrogen and oxygen atoms in total. The van der Waals surface area contributed by atoms with Gasteiger partial charge < -0.3 is 9.47 Å². The van der Waals surface area contributed by atoms with Crippen molar-refractivity contribution in [3.63, 3.8) is 0 Å². The summed E-state index contributed by atoms with van der Waals surface area (Å²) in [6.45, 7) is 0. The van der Waals surface area contributed by atoms with Gasteiger partial charge in [-0.1, -0.05) is 0 Å². The summed E-state index contributed by atoms with van der Waals surface area (Å²) >= 11 is 0. The Hall–Kier alpha value is -2.05. The van der Waals surface area contributed by atoms with Gasteiger partial charge in [-0.2, -0.15) is 5.10 Å². The zero-order valence-corrected chi connectivity index (χ0v) is 11.3. The molecular formula is C13H18N4O2. The summed E-state index contributed by atoms with van der Waals surface area (Å²) < 4.78 is 12.3. The highest BCUT2D eigenvalue weighted by atomic mass is 16.5. The molecule has 102 valence electrons. The molecule has 0 aliphatic carbocycles. The highest BCUT2D eigenvalue weighted by Gasteiger charge is 2.19. The molecule has 1 unspecified atom stereocenters. The van der Waals surface area contributed by atoms with E-state index in [9.17, 15) is 0 Å². The average molecular weight is 262 g/mol. The highest BCUT2D eigenvalue weighted by Crippen LogP contribution is 2.31. The Labute approximate surface area is 112 Å². The molecule has 19 heavy (non-hydrogen) atoms. The maximum absolute atomic E-state index is 5.65. The number of ether oxygens (including phenoxy) is 2. The van der Waals surface area contributed by atoms with Crippen LogP contribution >= 0.6 is 0 Å². The van der Waals surface area contributed by atoms with E-state index in [0.29, 0.717) is 5.75 Å². The molecule has 1 heterocycles. The standard InChI is InChI=1S/C13H18N4O2/c1-17-7-6-11(16-17)13(15-14)10-5-4-9(18-2)8-12(10)19-3/h4-8,13,15H,14H2,1-3H3. The number of rotatable bonds is 5. The smallest absolute Gasteiger partial charge is 0.127 e. The van der Waals surface area contributed by atoms with Gasteiger partial charge in [0.05, 0.1) is 26.0 Å². The number of aromatic nitrogens is 2. The van der Waals surface area contributed by atoms with Gasteiger partial charge in [-0.25, -0.2) is 5.43 Å². The normalized spacial score (nSPS) is 12.2. The Bertz CT molecular complexity index is 553. The molecule has 0 radical (unpaired) electrons. The van der Waals surface area contributed by atoms with Crippen molar-refractivity contribution in [1.82, 2.24) is 15.2 Å². The van der Waals surface area contributed by atoms with Crippen molar-refractivity contribution < 1.29 is 9.47 Å². The topological polar surface area (TPSA) is 74.3 Å². The summed E-state index contributed by atoms with van der Waals surface area (Å²) in [7, 11) is 5.10. The van der Waals surface area contributed by atoms with Gasteiger partial charge in [-0.05, 0) is 18.2 Å². The summed E-state index contributed by atoms with van der Waals surface area (Å²) in [6.07, 6.45) is 1.87. The lowest BCUT2D eigenvalue weighted by Gasteiger charge is -2.18. The Morgan fingerprint density at radius 3 is 2.58 bits per heavy atom. The molecular weight excluding hydrogens is 244 g/mol. The fourth-order valence-corrected chi connectivity index (χ4v) is 1.98. The average Bonchev–Trinajstić information content (AvgIpc) is 2.86. The van der Waals surface area contributed by atoms with E-state index in [1.807, 2.05) is 37.5 Å². The van der Waals surface area contributed by atoms with Crippen LogP contribution in [-0.2, 0) is 7.05 Å². The summed E-state index contributed by atoms with van der Waals surface area (Å²) in [5, 5.41) is 4.36. The summed E-state index contributed by atoms with van der Waals surface area (Å²) in [5.74, 6) is 7.09. The van der Waals surface area contributed by atoms with Gasteiger partial charge >= 0.3 is 0 Å². The fraction of sp³-hybridized carbons (Fsp3) is 0.308. The van der Waals surface area contributed by atoms with E-state index in [0.717, 1.165) is 17.0 Å². The Morgan fingerprint density at radius 1 is 1.26 bits per heavy atom. The predicted molar refractivity (Wildman–Crippen MR) is 71.9 cm³/mol. The highest BCUT2D eigenvalue weighted by molar-refractivity contribution is 5.44. The minimum Gasteiger partial charge on any atom is -0.497 e. The van der Waals surface area contributed by atoms with E-state index < -0.39 is 0 Å². The molecule has 1 aromatic carbocycles. The monoisotopic (exact) mass is 262 g/mol. The first-order valence-corrected chi connectivity index (χ1v) is 5.87. The summed E-state index contributed by atoms with van der Waals surface area (Å²) in [5.41, 5.74) is 4.50. The van der Waals surface area contributed by atoms with Gasteiger partial charge in [0.25, 0.3) is 0 Å². The molecule has 3 N–H and O–H groups in total. The van der Waals surface area contributed by atoms with E-state index in [4.69, 9.17) is 15.3 Å². The van der Waals surface area contributed by atoms with Crippen LogP contribution in [0.5, 0.6) is 11.5 Å². The van der Waals surface area contributed by atoms with Gasteiger partial charge in [-0.3, -0.25) is 10.5 Å². The minimum atomic E-state index is -0.234. The van der Waals surface area contributed by atoms with E-state index in [1.165, 1.54) is 0 Å². The van der Waals surface area contributed by atoms with Crippen LogP contribution in [0.3, 0.4) is 0 Å². The van der Waals surface area contributed by atoms with Crippen molar-refractivity contribution in [3.8, 4) is 11.5 Å². The lowest BCUT2D eigenvalue weighted by Crippen LogP contribution is -2.29. The maximum Gasteiger partial charge on any atom is 0.127 e. The number of hydrogen-bond acceptors (Lipinski definition) is 5. The Morgan fingerprint density at radius 2 is 2.05 bits per heavy atom. The number of aryl methyl sites for hydroxylation is 1. The molecule has 0 aliphatic rings. The second kappa shape index (κ2) is 5.73. The molecule has 0 fully saturated rings. The van der Waals surface area contributed by atoms with Crippen LogP contribution in [0, 0.1) is 0 Å². The number of nitrogens with zero attached hydrogens (tertiary/aromatic N) is 2. The van der Waals surface area contributed by atoms with Crippen molar-refractivity contribution in [3.05, 3.63) is 41.7 Å². The summed E-state index contributed by atoms with van der Waals surface area (Å²) in [4.78, 5) is 0. The quantitative estimate of drug-likeness (QED) is 0.621. The van der Waals surface area contributed by atoms with E-state index in [2.05, 4.69) is 10.5 Å². The Balaban J connectivity index is 2.43. The first kappa shape index (κ1) is 13.4. The third-order valence-corrected chi connectivity index (χ3v) is 2.95. The molecule has 0 aliphatic heterocycles. The van der Waals surface area contributed by atoms with Crippen LogP contribution < -0.4 is 20.7 Å². The zero-order valence-electron chi connectivity index (χ0n) is 11.3. The first-order valence-electron chi connectivity index (χ1n) is 5.87. The van der Waals surface area contributed by atoms with E-state index in [1.54, 1.807) is 18.9 Å². The number of benzene rings is 1. The van der Waals surface area contributed by atoms with Crippen molar-refractivity contribution >= 4 is 0 Å². The molecule has 2 rings (SSSR count). The number of nitrogens with one attached hydrogen (secondary N) is 1. The molecule has 0 bridgehead atoms. The molecule has 0 spiro atoms. The molecule has 1 atom stereocenters. The maximum atomic E-state index is 5.65. The fourth-order valence-electron chi connectivity index (χ4n) is 1.98. The second-order valence-corrected chi connectivity index (χ2v) is 4.12. The van der Waals surface area contributed by atoms with Crippen LogP contribution in [-0.4, -0.2) is 24.0 Å². The lowest BCUT2D eigenvalue weighted by molar-refractivity contribution is 0.387. The van der Waals surface area contributed by atoms with Gasteiger partial charge in [0, 0.05) is 24.9 Å². The van der Waals surface area contributed by atoms with Gasteiger partial charge in [-0.15, -0.1) is 0 Å². The molecule has 0 saturated carbocycles. The van der Waals surface area contributed by atoms with Crippen LogP contribution in [0.1, 0.15) is 17.3 Å². The lowest BCUT2D eigenvalue weighted by atomic mass is 10.0. The number of nitrogens with two attached hydrogens (primary N) is 1. The predicted octanol–water partition coefficient (Wildman–Crippen LogP) is 0.990. The molecule has 6 heteroatoms. The van der Waals surface area contributed by atoms with Crippen LogP contribution in [0.2, 0.25) is 0 Å². The van der Waals surface area contributed by atoms with Crippen molar-refractivity contribution in [2.24, 2.45) is 12.9 Å². The third kappa shape index (κ3) is 2.69. The Kier molecular flexibility index (Phi) is 4.03. The first-order chi connectivity index (χ1) is 9.19. The van der Waals surface area contributed by atoms with Gasteiger partial charge in [0.15, 0.2) is 0 Å². The van der Waals surface area contributed by atoms with E-state index >= 15 is 0 Å². The molecule has 1 aromatic heterocycles. The van der Waals surface area contributed by atoms with Crippen molar-refractivity contribution in [2.45, 2.75) is 6.04 Å². The molecule has 0 saturated heterocycles. The van der Waals surface area contributed by atoms with Crippen molar-refractivity contribution in [2.75, 3.05) is 14.2 Å². The number of hydrazine groups is 1. The van der Waals surface area contributed by atoms with Crippen LogP contribution in [0.25, 0.3) is 0 Å². The van der Waals surface area contributed by atoms with Crippen LogP contribution in [0.4, 0.5) is 0 Å². The van der Waals surface area contributed by atoms with Crippen molar-refractivity contribution in [1.29, 1.82) is 0 Å². The second-order valence-electron chi connectivity index (χ2n) is 4.12. The number of methoxy groups -OCH3 is 2. The SMILES string of the molecule is COc1ccc(C(NN)c2ccn(C)n2)c(OC)c1.